The minimum Gasteiger partial charge on any atom is -0.383 e. The zero-order valence-electron chi connectivity index (χ0n) is 11.5. The predicted molar refractivity (Wildman–Crippen MR) is 78.9 cm³/mol. The smallest absolute Gasteiger partial charge is 0.383 e. The lowest BCUT2D eigenvalue weighted by Crippen LogP contribution is -2.02. The van der Waals surface area contributed by atoms with Crippen LogP contribution in [0, 0.1) is 0 Å². The molecule has 0 aliphatic heterocycles. The topological polar surface area (TPSA) is 43.8 Å². The highest BCUT2D eigenvalue weighted by atomic mass is 32.2. The van der Waals surface area contributed by atoms with Crippen LogP contribution in [0.3, 0.4) is 0 Å². The van der Waals surface area contributed by atoms with Gasteiger partial charge in [-0.3, -0.25) is 0 Å². The maximum absolute atomic E-state index is 12.3. The first-order valence-electron chi connectivity index (χ1n) is 6.57. The number of nitrogens with two attached hydrogens (primary N) is 1. The van der Waals surface area contributed by atoms with Gasteiger partial charge in [-0.25, -0.2) is 4.98 Å². The van der Waals surface area contributed by atoms with Crippen molar-refractivity contribution in [2.75, 3.05) is 5.73 Å². The number of rotatable bonds is 5. The summed E-state index contributed by atoms with van der Waals surface area (Å²) >= 11 is -0.132. The van der Waals surface area contributed by atoms with Crippen molar-refractivity contribution >= 4 is 17.6 Å². The van der Waals surface area contributed by atoms with Gasteiger partial charge < -0.3 is 10.3 Å². The number of unbranched alkanes of at least 4 members (excludes halogenated alkanes) is 1. The molecule has 1 heterocycles. The monoisotopic (exact) mass is 315 g/mol. The molecule has 0 radical (unpaired) electrons. The number of aryl methyl sites for hydroxylation is 1. The van der Waals surface area contributed by atoms with Crippen LogP contribution in [0.5, 0.6) is 0 Å². The molecule has 2 N–H and O–H groups in total. The van der Waals surface area contributed by atoms with Crippen LogP contribution in [0.4, 0.5) is 19.0 Å². The molecule has 0 atom stereocenters. The molecular weight excluding hydrogens is 299 g/mol. The average Bonchev–Trinajstić information content (AvgIpc) is 2.77. The summed E-state index contributed by atoms with van der Waals surface area (Å²) in [6.45, 7) is 2.88. The van der Waals surface area contributed by atoms with Crippen LogP contribution < -0.4 is 5.73 Å². The third-order valence-electron chi connectivity index (χ3n) is 2.99. The second-order valence-electron chi connectivity index (χ2n) is 4.60. The molecule has 1 aromatic carbocycles. The molecule has 0 saturated heterocycles. The molecule has 114 valence electrons. The summed E-state index contributed by atoms with van der Waals surface area (Å²) in [5, 5.41) is 0. The number of halogens is 3. The van der Waals surface area contributed by atoms with Crippen molar-refractivity contribution in [1.82, 2.24) is 9.55 Å². The first kappa shape index (κ1) is 15.8. The number of anilines is 1. The summed E-state index contributed by atoms with van der Waals surface area (Å²) in [5.74, 6) is 0.541. The Morgan fingerprint density at radius 2 is 1.90 bits per heavy atom. The van der Waals surface area contributed by atoms with Gasteiger partial charge in [0.25, 0.3) is 0 Å². The van der Waals surface area contributed by atoms with Gasteiger partial charge in [0.15, 0.2) is 0 Å². The Morgan fingerprint density at radius 3 is 2.48 bits per heavy atom. The molecule has 3 nitrogen and oxygen atoms in total. The quantitative estimate of drug-likeness (QED) is 0.824. The van der Waals surface area contributed by atoms with Gasteiger partial charge in [-0.15, -0.1) is 0 Å². The van der Waals surface area contributed by atoms with Crippen LogP contribution in [-0.2, 0) is 6.54 Å². The maximum Gasteiger partial charge on any atom is 0.446 e. The van der Waals surface area contributed by atoms with Crippen molar-refractivity contribution in [1.29, 1.82) is 0 Å². The molecule has 0 aliphatic rings. The van der Waals surface area contributed by atoms with E-state index >= 15 is 0 Å². The first-order valence-corrected chi connectivity index (χ1v) is 7.39. The summed E-state index contributed by atoms with van der Waals surface area (Å²) in [6.07, 6.45) is 3.72. The van der Waals surface area contributed by atoms with E-state index in [1.165, 1.54) is 12.1 Å². The van der Waals surface area contributed by atoms with E-state index in [9.17, 15) is 13.2 Å². The Bertz CT molecular complexity index is 591. The van der Waals surface area contributed by atoms with Crippen molar-refractivity contribution < 1.29 is 13.2 Å². The molecular formula is C14H16F3N3S. The second-order valence-corrected chi connectivity index (χ2v) is 5.74. The van der Waals surface area contributed by atoms with Crippen molar-refractivity contribution in [3.05, 3.63) is 30.6 Å². The fourth-order valence-electron chi connectivity index (χ4n) is 1.94. The van der Waals surface area contributed by atoms with Crippen molar-refractivity contribution in [3.63, 3.8) is 0 Å². The lowest BCUT2D eigenvalue weighted by atomic mass is 10.1. The Morgan fingerprint density at radius 1 is 1.24 bits per heavy atom. The molecule has 0 fully saturated rings. The van der Waals surface area contributed by atoms with Crippen LogP contribution in [0.25, 0.3) is 11.3 Å². The van der Waals surface area contributed by atoms with Crippen molar-refractivity contribution in [3.8, 4) is 11.3 Å². The lowest BCUT2D eigenvalue weighted by molar-refractivity contribution is -0.0328. The molecule has 0 saturated carbocycles. The molecule has 2 rings (SSSR count). The number of thioether (sulfide) groups is 1. The molecule has 2 aromatic rings. The van der Waals surface area contributed by atoms with E-state index in [-0.39, 0.29) is 16.7 Å². The van der Waals surface area contributed by atoms with E-state index in [4.69, 9.17) is 5.73 Å². The van der Waals surface area contributed by atoms with Gasteiger partial charge in [-0.1, -0.05) is 25.5 Å². The fourth-order valence-corrected chi connectivity index (χ4v) is 2.47. The Hall–Kier alpha value is -1.63. The third-order valence-corrected chi connectivity index (χ3v) is 3.73. The molecule has 21 heavy (non-hydrogen) atoms. The van der Waals surface area contributed by atoms with Crippen LogP contribution in [0.2, 0.25) is 0 Å². The third kappa shape index (κ3) is 4.17. The number of nitrogen functional groups attached to an aromatic ring is 1. The van der Waals surface area contributed by atoms with Gasteiger partial charge in [0, 0.05) is 17.0 Å². The minimum atomic E-state index is -4.28. The lowest BCUT2D eigenvalue weighted by Gasteiger charge is -2.07. The van der Waals surface area contributed by atoms with Crippen LogP contribution in [0.15, 0.2) is 35.5 Å². The number of hydrogen-bond donors (Lipinski definition) is 1. The van der Waals surface area contributed by atoms with E-state index in [2.05, 4.69) is 11.9 Å². The van der Waals surface area contributed by atoms with Gasteiger partial charge in [0.1, 0.15) is 11.5 Å². The predicted octanol–water partition coefficient (Wildman–Crippen LogP) is 4.54. The van der Waals surface area contributed by atoms with Gasteiger partial charge in [0.05, 0.1) is 6.33 Å². The summed E-state index contributed by atoms with van der Waals surface area (Å²) in [6, 6.07) is 6.07. The standard InChI is InChI=1S/C14H16F3N3S/c1-2-3-8-20-9-19-12(13(20)18)10-4-6-11(7-5-10)21-14(15,16)17/h4-7,9H,2-3,8,18H2,1H3. The highest BCUT2D eigenvalue weighted by Gasteiger charge is 2.29. The molecule has 1 aromatic heterocycles. The zero-order chi connectivity index (χ0) is 15.5. The highest BCUT2D eigenvalue weighted by molar-refractivity contribution is 8.00. The van der Waals surface area contributed by atoms with Gasteiger partial charge in [0.2, 0.25) is 0 Å². The number of imidazole rings is 1. The Kier molecular flexibility index (Phi) is 4.82. The van der Waals surface area contributed by atoms with E-state index < -0.39 is 5.51 Å². The highest BCUT2D eigenvalue weighted by Crippen LogP contribution is 2.37. The van der Waals surface area contributed by atoms with E-state index in [1.54, 1.807) is 18.5 Å². The summed E-state index contributed by atoms with van der Waals surface area (Å²) in [7, 11) is 0. The van der Waals surface area contributed by atoms with Crippen LogP contribution in [-0.4, -0.2) is 15.1 Å². The van der Waals surface area contributed by atoms with Crippen LogP contribution >= 0.6 is 11.8 Å². The van der Waals surface area contributed by atoms with Crippen molar-refractivity contribution in [2.24, 2.45) is 0 Å². The number of aromatic nitrogens is 2. The molecule has 0 unspecified atom stereocenters. The molecule has 0 bridgehead atoms. The van der Waals surface area contributed by atoms with Crippen LogP contribution in [0.1, 0.15) is 19.8 Å². The SMILES string of the molecule is CCCCn1cnc(-c2ccc(SC(F)(F)F)cc2)c1N. The zero-order valence-corrected chi connectivity index (χ0v) is 12.3. The number of alkyl halides is 3. The fraction of sp³-hybridized carbons (Fsp3) is 0.357. The average molecular weight is 315 g/mol. The normalized spacial score (nSPS) is 11.8. The van der Waals surface area contributed by atoms with Gasteiger partial charge in [-0.2, -0.15) is 13.2 Å². The number of hydrogen-bond acceptors (Lipinski definition) is 3. The largest absolute Gasteiger partial charge is 0.446 e. The molecule has 0 aliphatic carbocycles. The Labute approximate surface area is 125 Å². The van der Waals surface area contributed by atoms with Gasteiger partial charge >= 0.3 is 5.51 Å². The molecule has 7 heteroatoms. The number of benzene rings is 1. The Balaban J connectivity index is 2.17. The van der Waals surface area contributed by atoms with Gasteiger partial charge in [-0.05, 0) is 30.3 Å². The summed E-state index contributed by atoms with van der Waals surface area (Å²) < 4.78 is 38.7. The molecule has 0 amide bonds. The summed E-state index contributed by atoms with van der Waals surface area (Å²) in [4.78, 5) is 4.40. The summed E-state index contributed by atoms with van der Waals surface area (Å²) in [5.41, 5.74) is 3.08. The second kappa shape index (κ2) is 6.43. The maximum atomic E-state index is 12.3. The van der Waals surface area contributed by atoms with Crippen molar-refractivity contribution in [2.45, 2.75) is 36.7 Å². The van der Waals surface area contributed by atoms with E-state index in [0.29, 0.717) is 17.1 Å². The molecule has 0 spiro atoms. The number of nitrogens with zero attached hydrogens (tertiary/aromatic N) is 2. The minimum absolute atomic E-state index is 0.132. The van der Waals surface area contributed by atoms with E-state index in [1.807, 2.05) is 4.57 Å². The van der Waals surface area contributed by atoms with E-state index in [0.717, 1.165) is 19.4 Å². The first-order chi connectivity index (χ1) is 9.90.